The average molecular weight is 429 g/mol. The van der Waals surface area contributed by atoms with Gasteiger partial charge in [-0.2, -0.15) is 0 Å². The number of hydrogen-bond acceptors (Lipinski definition) is 7. The number of nitrogens with one attached hydrogen (secondary N) is 1. The second-order valence-electron chi connectivity index (χ2n) is 5.82. The summed E-state index contributed by atoms with van der Waals surface area (Å²) in [5, 5.41) is 3.46. The van der Waals surface area contributed by atoms with Crippen molar-refractivity contribution in [3.05, 3.63) is 59.1 Å². The van der Waals surface area contributed by atoms with Crippen LogP contribution in [-0.2, 0) is 4.74 Å². The SMILES string of the molecule is CCOC(=O)c1sc(-c2ccc(OC)cc2)cc1NC(=O)c1cccnc1SC. The van der Waals surface area contributed by atoms with E-state index in [0.717, 1.165) is 16.2 Å². The van der Waals surface area contributed by atoms with Gasteiger partial charge in [-0.3, -0.25) is 4.79 Å². The van der Waals surface area contributed by atoms with Crippen LogP contribution in [0.3, 0.4) is 0 Å². The third-order valence-corrected chi connectivity index (χ3v) is 5.90. The Bertz CT molecular complexity index is 1020. The number of anilines is 1. The zero-order valence-electron chi connectivity index (χ0n) is 16.2. The van der Waals surface area contributed by atoms with E-state index >= 15 is 0 Å². The van der Waals surface area contributed by atoms with Gasteiger partial charge in [0.15, 0.2) is 0 Å². The van der Waals surface area contributed by atoms with Gasteiger partial charge in [-0.05, 0) is 61.2 Å². The molecule has 0 atom stereocenters. The number of aromatic nitrogens is 1. The quantitative estimate of drug-likeness (QED) is 0.423. The lowest BCUT2D eigenvalue weighted by molar-refractivity contribution is 0.0533. The minimum absolute atomic E-state index is 0.251. The van der Waals surface area contributed by atoms with Gasteiger partial charge in [-0.25, -0.2) is 9.78 Å². The molecule has 3 rings (SSSR count). The molecule has 1 amide bonds. The fourth-order valence-electron chi connectivity index (χ4n) is 2.65. The van der Waals surface area contributed by atoms with Gasteiger partial charge in [0, 0.05) is 11.1 Å². The van der Waals surface area contributed by atoms with E-state index in [-0.39, 0.29) is 12.5 Å². The summed E-state index contributed by atoms with van der Waals surface area (Å²) >= 11 is 2.66. The molecule has 3 aromatic rings. The monoisotopic (exact) mass is 428 g/mol. The summed E-state index contributed by atoms with van der Waals surface area (Å²) in [5.74, 6) is -0.0541. The van der Waals surface area contributed by atoms with Crippen molar-refractivity contribution >= 4 is 40.7 Å². The number of carbonyl (C=O) groups is 2. The van der Waals surface area contributed by atoms with Gasteiger partial charge < -0.3 is 14.8 Å². The van der Waals surface area contributed by atoms with Crippen LogP contribution in [0.4, 0.5) is 5.69 Å². The number of benzene rings is 1. The number of ether oxygens (including phenoxy) is 2. The Morgan fingerprint density at radius 1 is 1.21 bits per heavy atom. The van der Waals surface area contributed by atoms with Crippen molar-refractivity contribution in [1.82, 2.24) is 4.98 Å². The predicted octanol–water partition coefficient (Wildman–Crippen LogP) is 4.97. The van der Waals surface area contributed by atoms with Crippen molar-refractivity contribution in [2.24, 2.45) is 0 Å². The van der Waals surface area contributed by atoms with Crippen LogP contribution in [0.2, 0.25) is 0 Å². The van der Waals surface area contributed by atoms with E-state index in [9.17, 15) is 9.59 Å². The van der Waals surface area contributed by atoms with Crippen molar-refractivity contribution < 1.29 is 19.1 Å². The third kappa shape index (κ3) is 4.78. The molecule has 0 aliphatic heterocycles. The molecular formula is C21H20N2O4S2. The van der Waals surface area contributed by atoms with Crippen LogP contribution >= 0.6 is 23.1 Å². The summed E-state index contributed by atoms with van der Waals surface area (Å²) in [6, 6.07) is 12.7. The minimum atomic E-state index is -0.469. The number of rotatable bonds is 7. The maximum Gasteiger partial charge on any atom is 0.350 e. The molecule has 0 aliphatic rings. The lowest BCUT2D eigenvalue weighted by atomic mass is 10.1. The molecule has 1 aromatic carbocycles. The maximum absolute atomic E-state index is 12.8. The second-order valence-corrected chi connectivity index (χ2v) is 7.66. The van der Waals surface area contributed by atoms with E-state index in [1.165, 1.54) is 23.1 Å². The Labute approximate surface area is 177 Å². The number of methoxy groups -OCH3 is 1. The van der Waals surface area contributed by atoms with E-state index in [4.69, 9.17) is 9.47 Å². The van der Waals surface area contributed by atoms with Gasteiger partial charge in [0.25, 0.3) is 5.91 Å². The number of carbonyl (C=O) groups excluding carboxylic acids is 2. The molecule has 0 radical (unpaired) electrons. The lowest BCUT2D eigenvalue weighted by Gasteiger charge is -2.08. The van der Waals surface area contributed by atoms with Gasteiger partial charge in [-0.15, -0.1) is 23.1 Å². The number of esters is 1. The van der Waals surface area contributed by atoms with Gasteiger partial charge in [-0.1, -0.05) is 0 Å². The highest BCUT2D eigenvalue weighted by Gasteiger charge is 2.21. The first kappa shape index (κ1) is 20.9. The van der Waals surface area contributed by atoms with Crippen LogP contribution < -0.4 is 10.1 Å². The molecule has 0 unspecified atom stereocenters. The first-order valence-corrected chi connectivity index (χ1v) is 10.9. The van der Waals surface area contributed by atoms with Crippen LogP contribution in [-0.4, -0.2) is 36.8 Å². The smallest absolute Gasteiger partial charge is 0.350 e. The molecular weight excluding hydrogens is 408 g/mol. The van der Waals surface area contributed by atoms with E-state index in [1.54, 1.807) is 38.4 Å². The average Bonchev–Trinajstić information content (AvgIpc) is 3.17. The second kappa shape index (κ2) is 9.58. The van der Waals surface area contributed by atoms with Crippen LogP contribution in [0.25, 0.3) is 10.4 Å². The molecule has 29 heavy (non-hydrogen) atoms. The number of thiophene rings is 1. The van der Waals surface area contributed by atoms with Gasteiger partial charge in [0.2, 0.25) is 0 Å². The summed E-state index contributed by atoms with van der Waals surface area (Å²) in [6.07, 6.45) is 3.49. The molecule has 150 valence electrons. The zero-order chi connectivity index (χ0) is 20.8. The molecule has 2 aromatic heterocycles. The highest BCUT2D eigenvalue weighted by atomic mass is 32.2. The Hall–Kier alpha value is -2.84. The standard InChI is InChI=1S/C21H20N2O4S2/c1-4-27-21(25)18-16(23-19(24)15-6-5-11-22-20(15)28-3)12-17(29-18)13-7-9-14(26-2)10-8-13/h5-12H,4H2,1-3H3,(H,23,24). The molecule has 0 saturated carbocycles. The highest BCUT2D eigenvalue weighted by molar-refractivity contribution is 7.98. The number of hydrogen-bond donors (Lipinski definition) is 1. The molecule has 0 spiro atoms. The molecule has 0 saturated heterocycles. The summed E-state index contributed by atoms with van der Waals surface area (Å²) in [6.45, 7) is 2.00. The van der Waals surface area contributed by atoms with Crippen molar-refractivity contribution in [3.8, 4) is 16.2 Å². The molecule has 0 aliphatic carbocycles. The first-order chi connectivity index (χ1) is 14.1. The number of nitrogens with zero attached hydrogens (tertiary/aromatic N) is 1. The van der Waals surface area contributed by atoms with Crippen LogP contribution in [0, 0.1) is 0 Å². The molecule has 2 heterocycles. The Morgan fingerprint density at radius 2 is 1.97 bits per heavy atom. The molecule has 0 fully saturated rings. The van der Waals surface area contributed by atoms with Crippen LogP contribution in [0.5, 0.6) is 5.75 Å². The number of amides is 1. The Kier molecular flexibility index (Phi) is 6.90. The van der Waals surface area contributed by atoms with Gasteiger partial charge in [0.1, 0.15) is 15.7 Å². The van der Waals surface area contributed by atoms with E-state index in [1.807, 2.05) is 30.5 Å². The fourth-order valence-corrected chi connectivity index (χ4v) is 4.21. The first-order valence-electron chi connectivity index (χ1n) is 8.83. The minimum Gasteiger partial charge on any atom is -0.497 e. The van der Waals surface area contributed by atoms with Crippen molar-refractivity contribution in [2.45, 2.75) is 11.9 Å². The largest absolute Gasteiger partial charge is 0.497 e. The molecule has 0 bridgehead atoms. The summed E-state index contributed by atoms with van der Waals surface area (Å²) in [4.78, 5) is 30.7. The van der Waals surface area contributed by atoms with E-state index < -0.39 is 5.97 Å². The summed E-state index contributed by atoms with van der Waals surface area (Å²) < 4.78 is 10.4. The summed E-state index contributed by atoms with van der Waals surface area (Å²) in [5.41, 5.74) is 1.78. The highest BCUT2D eigenvalue weighted by Crippen LogP contribution is 2.36. The third-order valence-electron chi connectivity index (χ3n) is 4.02. The Morgan fingerprint density at radius 3 is 2.62 bits per heavy atom. The summed E-state index contributed by atoms with van der Waals surface area (Å²) in [7, 11) is 1.61. The van der Waals surface area contributed by atoms with Crippen molar-refractivity contribution in [2.75, 3.05) is 25.3 Å². The molecule has 6 nitrogen and oxygen atoms in total. The van der Waals surface area contributed by atoms with Gasteiger partial charge in [0.05, 0.1) is 25.0 Å². The fraction of sp³-hybridized carbons (Fsp3) is 0.190. The Balaban J connectivity index is 1.96. The van der Waals surface area contributed by atoms with Gasteiger partial charge >= 0.3 is 5.97 Å². The lowest BCUT2D eigenvalue weighted by Crippen LogP contribution is -2.15. The van der Waals surface area contributed by atoms with E-state index in [2.05, 4.69) is 10.3 Å². The number of thioether (sulfide) groups is 1. The van der Waals surface area contributed by atoms with Crippen LogP contribution in [0.15, 0.2) is 53.7 Å². The van der Waals surface area contributed by atoms with Crippen molar-refractivity contribution in [3.63, 3.8) is 0 Å². The maximum atomic E-state index is 12.8. The zero-order valence-corrected chi connectivity index (χ0v) is 17.9. The van der Waals surface area contributed by atoms with Crippen molar-refractivity contribution in [1.29, 1.82) is 0 Å². The topological polar surface area (TPSA) is 77.5 Å². The van der Waals surface area contributed by atoms with E-state index in [0.29, 0.717) is 21.2 Å². The molecule has 1 N–H and O–H groups in total. The predicted molar refractivity (Wildman–Crippen MR) is 116 cm³/mol. The van der Waals surface area contributed by atoms with Crippen LogP contribution in [0.1, 0.15) is 27.0 Å². The normalized spacial score (nSPS) is 10.4. The number of pyridine rings is 1. The molecule has 8 heteroatoms.